The van der Waals surface area contributed by atoms with Crippen LogP contribution in [0.25, 0.3) is 5.65 Å². The number of nitrogens with one attached hydrogen (secondary N) is 1. The monoisotopic (exact) mass is 273 g/mol. The highest BCUT2D eigenvalue weighted by atomic mass is 15.5. The fraction of sp³-hybridized carbons (Fsp3) is 0.692. The maximum absolute atomic E-state index is 4.25. The second-order valence-corrected chi connectivity index (χ2v) is 5.85. The Kier molecular flexibility index (Phi) is 2.99. The number of aromatic nitrogens is 5. The third-order valence-corrected chi connectivity index (χ3v) is 4.21. The highest BCUT2D eigenvalue weighted by Gasteiger charge is 2.25. The lowest BCUT2D eigenvalue weighted by atomic mass is 9.98. The van der Waals surface area contributed by atoms with E-state index in [-0.39, 0.29) is 0 Å². The Morgan fingerprint density at radius 3 is 3.10 bits per heavy atom. The minimum atomic E-state index is 0.705. The van der Waals surface area contributed by atoms with Gasteiger partial charge >= 0.3 is 0 Å². The van der Waals surface area contributed by atoms with Crippen LogP contribution in [0.15, 0.2) is 12.4 Å². The number of piperidine rings is 1. The van der Waals surface area contributed by atoms with Gasteiger partial charge in [0, 0.05) is 19.1 Å². The van der Waals surface area contributed by atoms with Crippen LogP contribution in [0.5, 0.6) is 0 Å². The molecule has 7 heteroatoms. The van der Waals surface area contributed by atoms with Crippen LogP contribution < -0.4 is 10.2 Å². The Hall–Kier alpha value is -1.76. The molecule has 1 saturated heterocycles. The van der Waals surface area contributed by atoms with Crippen molar-refractivity contribution in [1.29, 1.82) is 0 Å². The van der Waals surface area contributed by atoms with Gasteiger partial charge in [-0.2, -0.15) is 4.52 Å². The minimum Gasteiger partial charge on any atom is -0.355 e. The second kappa shape index (κ2) is 4.97. The van der Waals surface area contributed by atoms with Crippen LogP contribution in [0, 0.1) is 5.92 Å². The number of hydrogen-bond acceptors (Lipinski definition) is 6. The van der Waals surface area contributed by atoms with Gasteiger partial charge in [-0.3, -0.25) is 4.98 Å². The van der Waals surface area contributed by atoms with E-state index in [1.165, 1.54) is 25.7 Å². The summed E-state index contributed by atoms with van der Waals surface area (Å²) in [6.45, 7) is 3.24. The second-order valence-electron chi connectivity index (χ2n) is 5.85. The molecular formula is C13H19N7. The predicted octanol–water partition coefficient (Wildman–Crippen LogP) is 0.488. The van der Waals surface area contributed by atoms with Crippen LogP contribution in [0.4, 0.5) is 5.82 Å². The van der Waals surface area contributed by atoms with E-state index in [2.05, 4.69) is 30.7 Å². The first-order valence-corrected chi connectivity index (χ1v) is 7.40. The van der Waals surface area contributed by atoms with Gasteiger partial charge in [-0.05, 0) is 48.6 Å². The summed E-state index contributed by atoms with van der Waals surface area (Å²) in [5.74, 6) is 1.71. The molecule has 1 N–H and O–H groups in total. The summed E-state index contributed by atoms with van der Waals surface area (Å²) in [6, 6.07) is 0.787. The third kappa shape index (κ3) is 2.33. The number of hydrogen-bond donors (Lipinski definition) is 1. The molecule has 1 aliphatic heterocycles. The van der Waals surface area contributed by atoms with Crippen molar-refractivity contribution < 1.29 is 0 Å². The fourth-order valence-corrected chi connectivity index (χ4v) is 2.94. The van der Waals surface area contributed by atoms with Gasteiger partial charge in [0.1, 0.15) is 0 Å². The average Bonchev–Trinajstić information content (AvgIpc) is 3.20. The molecule has 0 amide bonds. The molecule has 0 bridgehead atoms. The van der Waals surface area contributed by atoms with E-state index >= 15 is 0 Å². The van der Waals surface area contributed by atoms with Crippen molar-refractivity contribution in [3.63, 3.8) is 0 Å². The highest BCUT2D eigenvalue weighted by Crippen LogP contribution is 2.24. The smallest absolute Gasteiger partial charge is 0.199 e. The SMILES string of the molecule is c1ncc2nnnn2c1N1CCCC(CNC2CC2)C1. The number of anilines is 1. The van der Waals surface area contributed by atoms with Crippen LogP contribution in [0.1, 0.15) is 25.7 Å². The van der Waals surface area contributed by atoms with Crippen molar-refractivity contribution in [2.75, 3.05) is 24.5 Å². The van der Waals surface area contributed by atoms with Crippen LogP contribution in [0.2, 0.25) is 0 Å². The van der Waals surface area contributed by atoms with E-state index in [0.717, 1.165) is 31.5 Å². The topological polar surface area (TPSA) is 71.2 Å². The van der Waals surface area contributed by atoms with Gasteiger partial charge < -0.3 is 10.2 Å². The third-order valence-electron chi connectivity index (χ3n) is 4.21. The zero-order chi connectivity index (χ0) is 13.4. The average molecular weight is 273 g/mol. The summed E-state index contributed by atoms with van der Waals surface area (Å²) in [5.41, 5.74) is 0.709. The molecule has 0 spiro atoms. The van der Waals surface area contributed by atoms with E-state index in [1.807, 2.05) is 6.20 Å². The Labute approximate surface area is 117 Å². The molecule has 2 fully saturated rings. The Balaban J connectivity index is 1.50. The zero-order valence-corrected chi connectivity index (χ0v) is 11.4. The summed E-state index contributed by atoms with van der Waals surface area (Å²) < 4.78 is 1.78. The predicted molar refractivity (Wildman–Crippen MR) is 74.5 cm³/mol. The Morgan fingerprint density at radius 2 is 2.20 bits per heavy atom. The first-order valence-electron chi connectivity index (χ1n) is 7.40. The molecule has 1 atom stereocenters. The molecule has 2 aromatic rings. The van der Waals surface area contributed by atoms with Crippen LogP contribution >= 0.6 is 0 Å². The van der Waals surface area contributed by atoms with Gasteiger partial charge in [-0.15, -0.1) is 5.10 Å². The van der Waals surface area contributed by atoms with Crippen molar-refractivity contribution in [2.24, 2.45) is 5.92 Å². The van der Waals surface area contributed by atoms with Crippen molar-refractivity contribution in [1.82, 2.24) is 30.3 Å². The summed E-state index contributed by atoms with van der Waals surface area (Å²) in [5, 5.41) is 15.4. The fourth-order valence-electron chi connectivity index (χ4n) is 2.94. The van der Waals surface area contributed by atoms with Gasteiger partial charge in [-0.1, -0.05) is 0 Å². The molecule has 106 valence electrons. The van der Waals surface area contributed by atoms with Gasteiger partial charge in [-0.25, -0.2) is 0 Å². The normalized spacial score (nSPS) is 23.4. The number of fused-ring (bicyclic) bond motifs is 1. The summed E-state index contributed by atoms with van der Waals surface area (Å²) >= 11 is 0. The first kappa shape index (κ1) is 12.0. The number of rotatable bonds is 4. The van der Waals surface area contributed by atoms with E-state index < -0.39 is 0 Å². The molecule has 4 rings (SSSR count). The molecule has 1 saturated carbocycles. The quantitative estimate of drug-likeness (QED) is 0.874. The lowest BCUT2D eigenvalue weighted by molar-refractivity contribution is 0.388. The Morgan fingerprint density at radius 1 is 1.25 bits per heavy atom. The summed E-state index contributed by atoms with van der Waals surface area (Å²) in [7, 11) is 0. The molecule has 2 aromatic heterocycles. The van der Waals surface area contributed by atoms with E-state index in [0.29, 0.717) is 11.6 Å². The van der Waals surface area contributed by atoms with Crippen LogP contribution in [-0.2, 0) is 0 Å². The molecule has 1 unspecified atom stereocenters. The maximum Gasteiger partial charge on any atom is 0.199 e. The van der Waals surface area contributed by atoms with E-state index in [1.54, 1.807) is 10.7 Å². The maximum atomic E-state index is 4.25. The standard InChI is InChI=1S/C13H19N7/c1-2-10(6-15-11-3-4-11)9-19(5-1)13-8-14-7-12-16-17-18-20(12)13/h7-8,10-11,15H,1-6,9H2. The van der Waals surface area contributed by atoms with Gasteiger partial charge in [0.2, 0.25) is 0 Å². The lowest BCUT2D eigenvalue weighted by Crippen LogP contribution is -2.41. The highest BCUT2D eigenvalue weighted by molar-refractivity contribution is 5.46. The summed E-state index contributed by atoms with van der Waals surface area (Å²) in [4.78, 5) is 6.61. The van der Waals surface area contributed by atoms with Crippen molar-refractivity contribution in [3.8, 4) is 0 Å². The van der Waals surface area contributed by atoms with Crippen molar-refractivity contribution >= 4 is 11.5 Å². The molecule has 0 aromatic carbocycles. The first-order chi connectivity index (χ1) is 9.90. The Bertz CT molecular complexity index is 591. The summed E-state index contributed by atoms with van der Waals surface area (Å²) in [6.07, 6.45) is 8.78. The van der Waals surface area contributed by atoms with E-state index in [9.17, 15) is 0 Å². The zero-order valence-electron chi connectivity index (χ0n) is 11.4. The van der Waals surface area contributed by atoms with Gasteiger partial charge in [0.15, 0.2) is 11.5 Å². The van der Waals surface area contributed by atoms with Crippen LogP contribution in [-0.4, -0.2) is 50.7 Å². The van der Waals surface area contributed by atoms with Crippen LogP contribution in [0.3, 0.4) is 0 Å². The lowest BCUT2D eigenvalue weighted by Gasteiger charge is -2.34. The minimum absolute atomic E-state index is 0.705. The molecule has 2 aliphatic rings. The number of tetrazole rings is 1. The van der Waals surface area contributed by atoms with E-state index in [4.69, 9.17) is 0 Å². The largest absolute Gasteiger partial charge is 0.355 e. The molecule has 3 heterocycles. The molecular weight excluding hydrogens is 254 g/mol. The van der Waals surface area contributed by atoms with Crippen molar-refractivity contribution in [2.45, 2.75) is 31.7 Å². The van der Waals surface area contributed by atoms with Crippen molar-refractivity contribution in [3.05, 3.63) is 12.4 Å². The molecule has 7 nitrogen and oxygen atoms in total. The molecule has 20 heavy (non-hydrogen) atoms. The molecule has 0 radical (unpaired) electrons. The van der Waals surface area contributed by atoms with Gasteiger partial charge in [0.05, 0.1) is 12.4 Å². The number of nitrogens with zero attached hydrogens (tertiary/aromatic N) is 6. The molecule has 1 aliphatic carbocycles. The van der Waals surface area contributed by atoms with Gasteiger partial charge in [0.25, 0.3) is 0 Å².